The summed E-state index contributed by atoms with van der Waals surface area (Å²) in [5.74, 6) is 26.9. The standard InChI is InChI=1S/C13H14N2.C13H4.2CH4.2ClH.N2.5H2/c14-13-9-5-1-3-7-11(9)15-12-8-4-2-6-10(12)13;1-3-5-7-9-11-13-12-10-8-6-4-2;;;;;1-2;;;;;/h1,3,5,7H,2,4,6,8H2,(H2,14,15);1H,2H3;2*1H4;2*1H;;5*1H. The van der Waals surface area contributed by atoms with Crippen molar-refractivity contribution in [1.29, 1.82) is 10.8 Å². The third-order valence-electron chi connectivity index (χ3n) is 3.91. The van der Waals surface area contributed by atoms with Gasteiger partial charge in [-0.1, -0.05) is 39.0 Å². The van der Waals surface area contributed by atoms with E-state index in [1.165, 1.54) is 24.1 Å². The van der Waals surface area contributed by atoms with Crippen molar-refractivity contribution < 1.29 is 7.13 Å². The third-order valence-corrected chi connectivity index (χ3v) is 3.91. The number of hydrogen-bond acceptors (Lipinski definition) is 4. The first-order chi connectivity index (χ1) is 14.8. The molecule has 34 heavy (non-hydrogen) atoms. The first-order valence-electron chi connectivity index (χ1n) is 9.01. The molecule has 0 atom stereocenters. The zero-order valence-corrected chi connectivity index (χ0v) is 19.1. The fourth-order valence-corrected chi connectivity index (χ4v) is 2.73. The number of nitrogen functional groups attached to an aromatic ring is 1. The van der Waals surface area contributed by atoms with E-state index in [2.05, 4.69) is 71.2 Å². The minimum atomic E-state index is 0. The van der Waals surface area contributed by atoms with E-state index >= 15 is 0 Å². The molecule has 1 heterocycles. The summed E-state index contributed by atoms with van der Waals surface area (Å²) in [6, 6.07) is 8.15. The second-order valence-electron chi connectivity index (χ2n) is 5.69. The largest absolute Gasteiger partial charge is 0.398 e. The summed E-state index contributed by atoms with van der Waals surface area (Å²) in [6.45, 7) is 1.71. The Labute approximate surface area is 224 Å². The maximum Gasteiger partial charge on any atom is 0.0726 e. The van der Waals surface area contributed by atoms with Crippen LogP contribution in [0.2, 0.25) is 0 Å². The summed E-state index contributed by atoms with van der Waals surface area (Å²) in [4.78, 5) is 4.70. The van der Waals surface area contributed by atoms with Crippen LogP contribution in [0.1, 0.15) is 53.0 Å². The first-order valence-corrected chi connectivity index (χ1v) is 9.01. The van der Waals surface area contributed by atoms with Crippen molar-refractivity contribution in [2.75, 3.05) is 5.73 Å². The van der Waals surface area contributed by atoms with Crippen molar-refractivity contribution in [3.05, 3.63) is 35.5 Å². The summed E-state index contributed by atoms with van der Waals surface area (Å²) in [7, 11) is 0. The van der Waals surface area contributed by atoms with E-state index in [0.29, 0.717) is 0 Å². The number of nitrogens with two attached hydrogens (primary N) is 1. The van der Waals surface area contributed by atoms with Crippen molar-refractivity contribution in [2.24, 2.45) is 0 Å². The molecule has 1 aliphatic rings. The topological polar surface area (TPSA) is 86.5 Å². The van der Waals surface area contributed by atoms with Crippen LogP contribution in [-0.4, -0.2) is 4.98 Å². The van der Waals surface area contributed by atoms with Crippen molar-refractivity contribution in [3.8, 4) is 71.5 Å². The number of anilines is 1. The Kier molecular flexibility index (Phi) is 25.6. The van der Waals surface area contributed by atoms with E-state index < -0.39 is 0 Å². The van der Waals surface area contributed by atoms with Crippen molar-refractivity contribution in [1.82, 2.24) is 4.98 Å². The highest BCUT2D eigenvalue weighted by Gasteiger charge is 2.15. The molecule has 1 aromatic heterocycles. The Bertz CT molecular complexity index is 1300. The third kappa shape index (κ3) is 12.6. The molecule has 6 heteroatoms. The average Bonchev–Trinajstić information content (AvgIpc) is 2.80. The van der Waals surface area contributed by atoms with Crippen molar-refractivity contribution >= 4 is 41.4 Å². The zero-order valence-electron chi connectivity index (χ0n) is 17.5. The molecule has 3 rings (SSSR count). The molecule has 0 fully saturated rings. The van der Waals surface area contributed by atoms with Gasteiger partial charge in [-0.25, -0.2) is 0 Å². The van der Waals surface area contributed by atoms with Gasteiger partial charge in [-0.2, -0.15) is 0 Å². The molecule has 0 unspecified atom stereocenters. The molecule has 0 spiro atoms. The number of terminal acetylenes is 1. The fourth-order valence-electron chi connectivity index (χ4n) is 2.73. The minimum Gasteiger partial charge on any atom is -0.398 e. The number of fused-ring (bicyclic) bond motifs is 2. The lowest BCUT2D eigenvalue weighted by Gasteiger charge is -2.18. The van der Waals surface area contributed by atoms with E-state index in [9.17, 15) is 0 Å². The minimum absolute atomic E-state index is 0. The molecule has 2 aromatic rings. The molecule has 2 N–H and O–H groups in total. The lowest BCUT2D eigenvalue weighted by atomic mass is 9.93. The van der Waals surface area contributed by atoms with E-state index in [-0.39, 0.29) is 46.8 Å². The summed E-state index contributed by atoms with van der Waals surface area (Å²) in [5, 5.41) is 13.1. The maximum atomic E-state index is 6.20. The monoisotopic (exact) mass is 500 g/mol. The van der Waals surface area contributed by atoms with Gasteiger partial charge in [0.1, 0.15) is 0 Å². The number of nitrogens with zero attached hydrogens (tertiary/aromatic N) is 3. The van der Waals surface area contributed by atoms with Gasteiger partial charge in [0, 0.05) is 34.7 Å². The molecular weight excluding hydrogens is 463 g/mol. The number of para-hydroxylation sites is 1. The summed E-state index contributed by atoms with van der Waals surface area (Å²) in [5.41, 5.74) is 10.7. The van der Waals surface area contributed by atoms with Gasteiger partial charge < -0.3 is 5.73 Å². The lowest BCUT2D eigenvalue weighted by molar-refractivity contribution is 0.673. The molecule has 0 radical (unpaired) electrons. The van der Waals surface area contributed by atoms with Gasteiger partial charge in [0.05, 0.1) is 5.52 Å². The van der Waals surface area contributed by atoms with Gasteiger partial charge in [0.2, 0.25) is 0 Å². The van der Waals surface area contributed by atoms with Crippen LogP contribution < -0.4 is 5.73 Å². The average molecular weight is 502 g/mol. The Hall–Kier alpha value is -4.21. The Morgan fingerprint density at radius 3 is 1.91 bits per heavy atom. The normalized spacial score (nSPS) is 8.18. The molecule has 0 amide bonds. The van der Waals surface area contributed by atoms with Gasteiger partial charge in [-0.15, -0.1) is 31.2 Å². The predicted octanol–water partition coefficient (Wildman–Crippen LogP) is 6.73. The number of aryl methyl sites for hydroxylation is 1. The van der Waals surface area contributed by atoms with Crippen LogP contribution in [0, 0.1) is 82.3 Å². The molecule has 1 aromatic carbocycles. The highest BCUT2D eigenvalue weighted by atomic mass is 35.5. The quantitative estimate of drug-likeness (QED) is 0.320. The van der Waals surface area contributed by atoms with Gasteiger partial charge in [-0.3, -0.25) is 4.98 Å². The second kappa shape index (κ2) is 23.5. The number of halogens is 2. The van der Waals surface area contributed by atoms with E-state index in [1.54, 1.807) is 6.92 Å². The Morgan fingerprint density at radius 1 is 0.853 bits per heavy atom. The number of aromatic nitrogens is 1. The van der Waals surface area contributed by atoms with Crippen molar-refractivity contribution in [2.45, 2.75) is 47.5 Å². The van der Waals surface area contributed by atoms with Crippen LogP contribution in [0.3, 0.4) is 0 Å². The SMILES string of the molecule is C.C.C#CC#CC#CC#CC#CC#CC.Cl.Cl.N#N.Nc1c2c(nc3ccccc13)CCCC2.[HH].[HH].[HH].[HH].[HH]. The summed E-state index contributed by atoms with van der Waals surface area (Å²) < 4.78 is 0. The van der Waals surface area contributed by atoms with Gasteiger partial charge in [0.25, 0.3) is 0 Å². The Morgan fingerprint density at radius 2 is 1.35 bits per heavy atom. The smallest absolute Gasteiger partial charge is 0.0726 e. The van der Waals surface area contributed by atoms with Crippen molar-refractivity contribution in [3.63, 3.8) is 0 Å². The van der Waals surface area contributed by atoms with Crippen LogP contribution >= 0.6 is 24.8 Å². The van der Waals surface area contributed by atoms with Crippen LogP contribution in [-0.2, 0) is 12.8 Å². The number of pyridine rings is 1. The number of benzene rings is 1. The lowest BCUT2D eigenvalue weighted by Crippen LogP contribution is -2.09. The van der Waals surface area contributed by atoms with Crippen LogP contribution in [0.5, 0.6) is 0 Å². The second-order valence-corrected chi connectivity index (χ2v) is 5.69. The van der Waals surface area contributed by atoms with Gasteiger partial charge in [0.15, 0.2) is 0 Å². The van der Waals surface area contributed by atoms with Crippen LogP contribution in [0.15, 0.2) is 24.3 Å². The Balaban J connectivity index is -0.0000000513. The molecule has 1 aliphatic carbocycles. The maximum absolute atomic E-state index is 6.20. The van der Waals surface area contributed by atoms with E-state index in [1.807, 2.05) is 18.2 Å². The first kappa shape index (κ1) is 37.1. The molecule has 184 valence electrons. The van der Waals surface area contributed by atoms with E-state index in [4.69, 9.17) is 27.9 Å². The molecule has 4 nitrogen and oxygen atoms in total. The number of rotatable bonds is 0. The van der Waals surface area contributed by atoms with E-state index in [0.717, 1.165) is 29.4 Å². The van der Waals surface area contributed by atoms with Gasteiger partial charge in [-0.05, 0) is 103 Å². The molecule has 0 aliphatic heterocycles. The predicted molar refractivity (Wildman–Crippen MR) is 158 cm³/mol. The molecule has 0 bridgehead atoms. The molecule has 0 saturated carbocycles. The van der Waals surface area contributed by atoms with Gasteiger partial charge >= 0.3 is 0 Å². The summed E-state index contributed by atoms with van der Waals surface area (Å²) in [6.07, 6.45) is 9.54. The zero-order chi connectivity index (χ0) is 22.0. The van der Waals surface area contributed by atoms with Crippen LogP contribution in [0.4, 0.5) is 5.69 Å². The highest BCUT2D eigenvalue weighted by Crippen LogP contribution is 2.30. The van der Waals surface area contributed by atoms with Crippen LogP contribution in [0.25, 0.3) is 10.9 Å². The number of hydrogen-bond donors (Lipinski definition) is 1. The molecule has 0 saturated heterocycles. The highest BCUT2D eigenvalue weighted by molar-refractivity contribution is 5.92. The molecular formula is C28H38Cl2N4. The fraction of sp³-hybridized carbons (Fsp3) is 0.250. The summed E-state index contributed by atoms with van der Waals surface area (Å²) >= 11 is 0.